The Morgan fingerprint density at radius 1 is 1.38 bits per heavy atom. The van der Waals surface area contributed by atoms with Crippen molar-refractivity contribution in [1.82, 2.24) is 15.3 Å². The van der Waals surface area contributed by atoms with Gasteiger partial charge in [0, 0.05) is 29.1 Å². The van der Waals surface area contributed by atoms with Crippen LogP contribution in [0.1, 0.15) is 39.3 Å². The summed E-state index contributed by atoms with van der Waals surface area (Å²) >= 11 is 0. The van der Waals surface area contributed by atoms with Gasteiger partial charge in [0.05, 0.1) is 5.92 Å². The van der Waals surface area contributed by atoms with E-state index in [-0.39, 0.29) is 17.4 Å². The molecule has 0 bridgehead atoms. The van der Waals surface area contributed by atoms with Crippen molar-refractivity contribution in [1.29, 1.82) is 5.26 Å². The Morgan fingerprint density at radius 3 is 2.85 bits per heavy atom. The standard InChI is InChI=1S/C19H24N6O/c1-19(2,3)25-17-15-8-16(22-11-13(15)7-14(9-20)23-17)24-18(26)12-5-4-6-21-10-12/h7-8,11-12,21H,4-6,10H2,1-3H3,(H,23,25)(H,22,24,26). The maximum Gasteiger partial charge on any atom is 0.229 e. The second kappa shape index (κ2) is 7.26. The first-order valence-electron chi connectivity index (χ1n) is 8.86. The molecule has 0 aromatic carbocycles. The number of hydrogen-bond donors (Lipinski definition) is 3. The molecule has 7 heteroatoms. The quantitative estimate of drug-likeness (QED) is 0.785. The summed E-state index contributed by atoms with van der Waals surface area (Å²) < 4.78 is 0. The fourth-order valence-electron chi connectivity index (χ4n) is 3.03. The highest BCUT2D eigenvalue weighted by Crippen LogP contribution is 2.27. The van der Waals surface area contributed by atoms with Crippen molar-refractivity contribution in [3.05, 3.63) is 24.0 Å². The van der Waals surface area contributed by atoms with Crippen LogP contribution >= 0.6 is 0 Å². The highest BCUT2D eigenvalue weighted by molar-refractivity contribution is 5.97. The highest BCUT2D eigenvalue weighted by atomic mass is 16.2. The van der Waals surface area contributed by atoms with E-state index in [1.165, 1.54) is 0 Å². The molecule has 2 aromatic rings. The molecule has 0 aliphatic carbocycles. The molecule has 0 spiro atoms. The number of carbonyl (C=O) groups is 1. The molecule has 1 atom stereocenters. The highest BCUT2D eigenvalue weighted by Gasteiger charge is 2.21. The Balaban J connectivity index is 1.92. The number of piperidine rings is 1. The molecule has 2 aromatic heterocycles. The zero-order valence-electron chi connectivity index (χ0n) is 15.4. The Hall–Kier alpha value is -2.72. The molecular formula is C19H24N6O. The van der Waals surface area contributed by atoms with E-state index in [0.29, 0.717) is 23.9 Å². The van der Waals surface area contributed by atoms with Gasteiger partial charge in [-0.2, -0.15) is 5.26 Å². The van der Waals surface area contributed by atoms with Gasteiger partial charge in [0.15, 0.2) is 0 Å². The minimum atomic E-state index is -0.214. The van der Waals surface area contributed by atoms with E-state index in [1.54, 1.807) is 12.3 Å². The number of nitrogens with zero attached hydrogens (tertiary/aromatic N) is 3. The lowest BCUT2D eigenvalue weighted by molar-refractivity contribution is -0.120. The van der Waals surface area contributed by atoms with Crippen LogP contribution < -0.4 is 16.0 Å². The molecule has 26 heavy (non-hydrogen) atoms. The minimum Gasteiger partial charge on any atom is -0.365 e. The smallest absolute Gasteiger partial charge is 0.229 e. The molecular weight excluding hydrogens is 328 g/mol. The topological polar surface area (TPSA) is 103 Å². The third-order valence-corrected chi connectivity index (χ3v) is 4.24. The number of pyridine rings is 2. The van der Waals surface area contributed by atoms with Crippen LogP contribution in [-0.4, -0.2) is 34.5 Å². The van der Waals surface area contributed by atoms with Crippen LogP contribution in [0.25, 0.3) is 10.8 Å². The molecule has 3 rings (SSSR count). The first kappa shape index (κ1) is 18.1. The van der Waals surface area contributed by atoms with Crippen molar-refractivity contribution in [2.45, 2.75) is 39.2 Å². The number of fused-ring (bicyclic) bond motifs is 1. The van der Waals surface area contributed by atoms with Gasteiger partial charge < -0.3 is 16.0 Å². The lowest BCUT2D eigenvalue weighted by atomic mass is 9.99. The third-order valence-electron chi connectivity index (χ3n) is 4.24. The Kier molecular flexibility index (Phi) is 5.05. The fourth-order valence-corrected chi connectivity index (χ4v) is 3.03. The van der Waals surface area contributed by atoms with Gasteiger partial charge in [0.25, 0.3) is 0 Å². The lowest BCUT2D eigenvalue weighted by Gasteiger charge is -2.23. The van der Waals surface area contributed by atoms with E-state index in [9.17, 15) is 10.1 Å². The van der Waals surface area contributed by atoms with Gasteiger partial charge in [0.1, 0.15) is 23.4 Å². The summed E-state index contributed by atoms with van der Waals surface area (Å²) in [6, 6.07) is 5.59. The molecule has 0 saturated carbocycles. The monoisotopic (exact) mass is 352 g/mol. The predicted octanol–water partition coefficient (Wildman–Crippen LogP) is 2.65. The Labute approximate surface area is 153 Å². The van der Waals surface area contributed by atoms with Crippen LogP contribution in [0.15, 0.2) is 18.3 Å². The largest absolute Gasteiger partial charge is 0.365 e. The van der Waals surface area contributed by atoms with Crippen LogP contribution in [0.2, 0.25) is 0 Å². The maximum absolute atomic E-state index is 12.5. The van der Waals surface area contributed by atoms with Crippen molar-refractivity contribution in [3.63, 3.8) is 0 Å². The predicted molar refractivity (Wildman–Crippen MR) is 102 cm³/mol. The number of amides is 1. The van der Waals surface area contributed by atoms with Gasteiger partial charge in [-0.15, -0.1) is 0 Å². The van der Waals surface area contributed by atoms with Crippen LogP contribution in [0, 0.1) is 17.2 Å². The zero-order valence-corrected chi connectivity index (χ0v) is 15.4. The number of carbonyl (C=O) groups excluding carboxylic acids is 1. The minimum absolute atomic E-state index is 0.0176. The molecule has 7 nitrogen and oxygen atoms in total. The summed E-state index contributed by atoms with van der Waals surface area (Å²) in [5.74, 6) is 1.06. The van der Waals surface area contributed by atoms with E-state index in [0.717, 1.165) is 30.2 Å². The van der Waals surface area contributed by atoms with Crippen LogP contribution in [0.5, 0.6) is 0 Å². The average Bonchev–Trinajstić information content (AvgIpc) is 2.61. The van der Waals surface area contributed by atoms with Crippen molar-refractivity contribution >= 4 is 28.3 Å². The van der Waals surface area contributed by atoms with Gasteiger partial charge in [-0.1, -0.05) is 0 Å². The lowest BCUT2D eigenvalue weighted by Crippen LogP contribution is -2.37. The van der Waals surface area contributed by atoms with Crippen molar-refractivity contribution < 1.29 is 4.79 Å². The van der Waals surface area contributed by atoms with Crippen LogP contribution in [0.3, 0.4) is 0 Å². The second-order valence-corrected chi connectivity index (χ2v) is 7.67. The van der Waals surface area contributed by atoms with Gasteiger partial charge in [-0.05, 0) is 52.3 Å². The van der Waals surface area contributed by atoms with E-state index in [2.05, 4.69) is 32.0 Å². The number of hydrogen-bond acceptors (Lipinski definition) is 6. The van der Waals surface area contributed by atoms with E-state index in [1.807, 2.05) is 26.8 Å². The van der Waals surface area contributed by atoms with E-state index in [4.69, 9.17) is 0 Å². The molecule has 1 unspecified atom stereocenters. The van der Waals surface area contributed by atoms with E-state index >= 15 is 0 Å². The number of nitrogens with one attached hydrogen (secondary N) is 3. The summed E-state index contributed by atoms with van der Waals surface area (Å²) in [5, 5.41) is 20.3. The van der Waals surface area contributed by atoms with E-state index < -0.39 is 0 Å². The van der Waals surface area contributed by atoms with Crippen molar-refractivity contribution in [2.75, 3.05) is 23.7 Å². The van der Waals surface area contributed by atoms with Crippen LogP contribution in [0.4, 0.5) is 11.6 Å². The molecule has 136 valence electrons. The van der Waals surface area contributed by atoms with Gasteiger partial charge >= 0.3 is 0 Å². The molecule has 0 radical (unpaired) electrons. The summed E-state index contributed by atoms with van der Waals surface area (Å²) in [7, 11) is 0. The number of aromatic nitrogens is 2. The first-order valence-corrected chi connectivity index (χ1v) is 8.86. The number of rotatable bonds is 3. The van der Waals surface area contributed by atoms with Crippen molar-refractivity contribution in [3.8, 4) is 6.07 Å². The zero-order chi connectivity index (χ0) is 18.7. The van der Waals surface area contributed by atoms with Gasteiger partial charge in [-0.3, -0.25) is 4.79 Å². The SMILES string of the molecule is CC(C)(C)Nc1nc(C#N)cc2cnc(NC(=O)C3CCCNC3)cc12. The van der Waals surface area contributed by atoms with Gasteiger partial charge in [-0.25, -0.2) is 9.97 Å². The molecule has 1 fully saturated rings. The van der Waals surface area contributed by atoms with Crippen molar-refractivity contribution in [2.24, 2.45) is 5.92 Å². The molecule has 1 saturated heterocycles. The third kappa shape index (κ3) is 4.27. The fraction of sp³-hybridized carbons (Fsp3) is 0.474. The summed E-state index contributed by atoms with van der Waals surface area (Å²) in [4.78, 5) is 21.2. The molecule has 3 heterocycles. The average molecular weight is 352 g/mol. The molecule has 1 aliphatic heterocycles. The maximum atomic E-state index is 12.5. The summed E-state index contributed by atoms with van der Waals surface area (Å²) in [6.45, 7) is 7.74. The second-order valence-electron chi connectivity index (χ2n) is 7.67. The molecule has 3 N–H and O–H groups in total. The van der Waals surface area contributed by atoms with Gasteiger partial charge in [0.2, 0.25) is 5.91 Å². The Morgan fingerprint density at radius 2 is 2.19 bits per heavy atom. The summed E-state index contributed by atoms with van der Waals surface area (Å²) in [5.41, 5.74) is 0.116. The number of anilines is 2. The number of nitriles is 1. The summed E-state index contributed by atoms with van der Waals surface area (Å²) in [6.07, 6.45) is 3.56. The molecule has 1 amide bonds. The Bertz CT molecular complexity index is 859. The normalized spacial score (nSPS) is 17.5. The molecule has 1 aliphatic rings. The van der Waals surface area contributed by atoms with Crippen LogP contribution in [-0.2, 0) is 4.79 Å². The first-order chi connectivity index (χ1) is 12.4.